The summed E-state index contributed by atoms with van der Waals surface area (Å²) in [5.41, 5.74) is 0.539. The standard InChI is InChI=1S/C10H9NO4S/c1-7(12)10(13)11-6-8-4-2-3-5-9(8)16(11,14)15/h2-5H,6H2,1H3. The van der Waals surface area contributed by atoms with Crippen molar-refractivity contribution in [2.24, 2.45) is 0 Å². The first kappa shape index (κ1) is 10.8. The number of hydrogen-bond donors (Lipinski definition) is 0. The second-order valence-corrected chi connectivity index (χ2v) is 5.31. The van der Waals surface area contributed by atoms with Gasteiger partial charge in [-0.1, -0.05) is 18.2 Å². The van der Waals surface area contributed by atoms with Gasteiger partial charge in [-0.15, -0.1) is 0 Å². The monoisotopic (exact) mass is 239 g/mol. The number of amides is 1. The Bertz CT molecular complexity index is 576. The van der Waals surface area contributed by atoms with Gasteiger partial charge in [-0.2, -0.15) is 0 Å². The number of hydrogen-bond acceptors (Lipinski definition) is 4. The van der Waals surface area contributed by atoms with Crippen LogP contribution in [-0.2, 0) is 26.2 Å². The maximum Gasteiger partial charge on any atom is 0.303 e. The molecule has 0 aliphatic carbocycles. The van der Waals surface area contributed by atoms with E-state index in [1.165, 1.54) is 6.07 Å². The number of ketones is 1. The Morgan fingerprint density at radius 1 is 1.25 bits per heavy atom. The molecule has 2 rings (SSSR count). The van der Waals surface area contributed by atoms with Crippen molar-refractivity contribution in [1.29, 1.82) is 0 Å². The molecule has 0 aromatic heterocycles. The van der Waals surface area contributed by atoms with Crippen molar-refractivity contribution in [3.63, 3.8) is 0 Å². The van der Waals surface area contributed by atoms with Crippen molar-refractivity contribution in [2.75, 3.05) is 0 Å². The summed E-state index contributed by atoms with van der Waals surface area (Å²) in [5, 5.41) is 0. The number of carbonyl (C=O) groups is 2. The molecule has 1 aromatic carbocycles. The minimum Gasteiger partial charge on any atom is -0.289 e. The predicted molar refractivity (Wildman–Crippen MR) is 54.9 cm³/mol. The van der Waals surface area contributed by atoms with Crippen molar-refractivity contribution in [3.05, 3.63) is 29.8 Å². The topological polar surface area (TPSA) is 71.5 Å². The maximum absolute atomic E-state index is 11.9. The van der Waals surface area contributed by atoms with E-state index in [-0.39, 0.29) is 11.4 Å². The number of fused-ring (bicyclic) bond motifs is 1. The van der Waals surface area contributed by atoms with Crippen molar-refractivity contribution in [3.8, 4) is 0 Å². The lowest BCUT2D eigenvalue weighted by Gasteiger charge is -2.12. The molecule has 0 saturated heterocycles. The Labute approximate surface area is 92.7 Å². The molecule has 84 valence electrons. The van der Waals surface area contributed by atoms with Gasteiger partial charge >= 0.3 is 5.91 Å². The van der Waals surface area contributed by atoms with Crippen molar-refractivity contribution in [2.45, 2.75) is 18.4 Å². The fraction of sp³-hybridized carbons (Fsp3) is 0.200. The van der Waals surface area contributed by atoms with Gasteiger partial charge in [0.05, 0.1) is 11.4 Å². The Balaban J connectivity index is 2.53. The molecule has 0 radical (unpaired) electrons. The van der Waals surface area contributed by atoms with E-state index in [9.17, 15) is 18.0 Å². The third kappa shape index (κ3) is 1.42. The molecule has 6 heteroatoms. The molecule has 1 aliphatic heterocycles. The van der Waals surface area contributed by atoms with Gasteiger partial charge in [-0.25, -0.2) is 12.7 Å². The zero-order chi connectivity index (χ0) is 11.9. The average molecular weight is 239 g/mol. The van der Waals surface area contributed by atoms with Crippen LogP contribution in [0.4, 0.5) is 0 Å². The van der Waals surface area contributed by atoms with Gasteiger partial charge in [0.1, 0.15) is 0 Å². The molecular weight excluding hydrogens is 230 g/mol. The van der Waals surface area contributed by atoms with Gasteiger partial charge in [0.15, 0.2) is 0 Å². The molecule has 0 unspecified atom stereocenters. The minimum atomic E-state index is -3.83. The molecule has 1 aromatic rings. The molecule has 1 amide bonds. The smallest absolute Gasteiger partial charge is 0.289 e. The third-order valence-corrected chi connectivity index (χ3v) is 4.21. The van der Waals surface area contributed by atoms with Crippen LogP contribution in [0.3, 0.4) is 0 Å². The number of benzene rings is 1. The summed E-state index contributed by atoms with van der Waals surface area (Å²) in [4.78, 5) is 22.4. The summed E-state index contributed by atoms with van der Waals surface area (Å²) in [5.74, 6) is -1.77. The lowest BCUT2D eigenvalue weighted by molar-refractivity contribution is -0.140. The SMILES string of the molecule is CC(=O)C(=O)N1Cc2ccccc2S1(=O)=O. The molecular formula is C10H9NO4S. The Kier molecular flexibility index (Phi) is 2.31. The van der Waals surface area contributed by atoms with E-state index in [1.54, 1.807) is 18.2 Å². The number of nitrogens with zero attached hydrogens (tertiary/aromatic N) is 1. The van der Waals surface area contributed by atoms with Crippen molar-refractivity contribution in [1.82, 2.24) is 4.31 Å². The highest BCUT2D eigenvalue weighted by Gasteiger charge is 2.38. The summed E-state index contributed by atoms with van der Waals surface area (Å²) >= 11 is 0. The second kappa shape index (κ2) is 3.41. The van der Waals surface area contributed by atoms with E-state index >= 15 is 0 Å². The van der Waals surface area contributed by atoms with Gasteiger partial charge in [0.2, 0.25) is 5.78 Å². The maximum atomic E-state index is 11.9. The molecule has 0 N–H and O–H groups in total. The largest absolute Gasteiger partial charge is 0.303 e. The molecule has 0 fully saturated rings. The quantitative estimate of drug-likeness (QED) is 0.661. The lowest BCUT2D eigenvalue weighted by atomic mass is 10.2. The van der Waals surface area contributed by atoms with E-state index in [0.29, 0.717) is 9.87 Å². The summed E-state index contributed by atoms with van der Waals surface area (Å²) in [6, 6.07) is 6.33. The van der Waals surface area contributed by atoms with Gasteiger partial charge in [0, 0.05) is 6.92 Å². The first-order valence-corrected chi connectivity index (χ1v) is 6.04. The Morgan fingerprint density at radius 3 is 2.44 bits per heavy atom. The number of rotatable bonds is 1. The predicted octanol–water partition coefficient (Wildman–Crippen LogP) is 0.306. The normalized spacial score (nSPS) is 16.9. The van der Waals surface area contributed by atoms with E-state index < -0.39 is 21.7 Å². The highest BCUT2D eigenvalue weighted by atomic mass is 32.2. The van der Waals surface area contributed by atoms with E-state index in [1.807, 2.05) is 0 Å². The molecule has 0 atom stereocenters. The second-order valence-electron chi connectivity index (χ2n) is 3.48. The van der Waals surface area contributed by atoms with Crippen molar-refractivity contribution >= 4 is 21.7 Å². The molecule has 0 spiro atoms. The van der Waals surface area contributed by atoms with Crippen LogP contribution in [0.5, 0.6) is 0 Å². The van der Waals surface area contributed by atoms with E-state index in [4.69, 9.17) is 0 Å². The van der Waals surface area contributed by atoms with Crippen LogP contribution in [0.1, 0.15) is 12.5 Å². The summed E-state index contributed by atoms with van der Waals surface area (Å²) < 4.78 is 24.4. The van der Waals surface area contributed by atoms with Gasteiger partial charge in [-0.05, 0) is 11.6 Å². The van der Waals surface area contributed by atoms with Crippen molar-refractivity contribution < 1.29 is 18.0 Å². The first-order valence-electron chi connectivity index (χ1n) is 4.60. The van der Waals surface area contributed by atoms with E-state index in [0.717, 1.165) is 6.92 Å². The van der Waals surface area contributed by atoms with Gasteiger partial charge < -0.3 is 0 Å². The average Bonchev–Trinajstić information content (AvgIpc) is 2.50. The van der Waals surface area contributed by atoms with Crippen LogP contribution in [-0.4, -0.2) is 24.4 Å². The van der Waals surface area contributed by atoms with Crippen LogP contribution in [0.15, 0.2) is 29.2 Å². The van der Waals surface area contributed by atoms with Crippen LogP contribution in [0, 0.1) is 0 Å². The lowest BCUT2D eigenvalue weighted by Crippen LogP contribution is -2.35. The molecule has 1 heterocycles. The third-order valence-electron chi connectivity index (χ3n) is 2.38. The van der Waals surface area contributed by atoms with Gasteiger partial charge in [-0.3, -0.25) is 9.59 Å². The van der Waals surface area contributed by atoms with Crippen LogP contribution in [0.25, 0.3) is 0 Å². The van der Waals surface area contributed by atoms with E-state index in [2.05, 4.69) is 0 Å². The number of Topliss-reactive ketones (excluding diaryl/α,β-unsaturated/α-hetero) is 1. The Morgan fingerprint density at radius 2 is 1.88 bits per heavy atom. The molecule has 0 bridgehead atoms. The number of sulfonamides is 1. The fourth-order valence-electron chi connectivity index (χ4n) is 1.60. The summed E-state index contributed by atoms with van der Waals surface area (Å²) in [6.45, 7) is 0.998. The van der Waals surface area contributed by atoms with Crippen LogP contribution >= 0.6 is 0 Å². The molecule has 1 aliphatic rings. The van der Waals surface area contributed by atoms with Crippen LogP contribution < -0.4 is 0 Å². The summed E-state index contributed by atoms with van der Waals surface area (Å²) in [7, 11) is -3.83. The Hall–Kier alpha value is -1.69. The zero-order valence-corrected chi connectivity index (χ0v) is 9.32. The highest BCUT2D eigenvalue weighted by Crippen LogP contribution is 2.29. The summed E-state index contributed by atoms with van der Waals surface area (Å²) in [6.07, 6.45) is 0. The minimum absolute atomic E-state index is 0.0586. The van der Waals surface area contributed by atoms with Gasteiger partial charge in [0.25, 0.3) is 10.0 Å². The fourth-order valence-corrected chi connectivity index (χ4v) is 3.21. The first-order chi connectivity index (χ1) is 7.44. The molecule has 0 saturated carbocycles. The highest BCUT2D eigenvalue weighted by molar-refractivity contribution is 7.90. The number of carbonyl (C=O) groups excluding carboxylic acids is 2. The molecule has 5 nitrogen and oxygen atoms in total. The zero-order valence-electron chi connectivity index (χ0n) is 8.50. The van der Waals surface area contributed by atoms with Crippen LogP contribution in [0.2, 0.25) is 0 Å². The molecule has 16 heavy (non-hydrogen) atoms.